The molecular formula is C21H25N7O6S4. The number of aliphatic carboxylic acids is 1. The van der Waals surface area contributed by atoms with Crippen LogP contribution in [-0.4, -0.2) is 91.2 Å². The van der Waals surface area contributed by atoms with Crippen molar-refractivity contribution >= 4 is 81.2 Å². The fourth-order valence-electron chi connectivity index (χ4n) is 3.77. The molecule has 17 heteroatoms. The van der Waals surface area contributed by atoms with E-state index in [0.29, 0.717) is 17.4 Å². The molecule has 0 spiro atoms. The lowest BCUT2D eigenvalue weighted by Crippen LogP contribution is -2.74. The van der Waals surface area contributed by atoms with Gasteiger partial charge >= 0.3 is 5.97 Å². The molecule has 2 unspecified atom stereocenters. The number of carbonyl (C=O) groups excluding carboxylic acids is 3. The Morgan fingerprint density at radius 2 is 2.24 bits per heavy atom. The van der Waals surface area contributed by atoms with Crippen LogP contribution in [0.1, 0.15) is 31.9 Å². The lowest BCUT2D eigenvalue weighted by atomic mass is 9.89. The van der Waals surface area contributed by atoms with E-state index in [0.717, 1.165) is 30.6 Å². The quantitative estimate of drug-likeness (QED) is 0.0720. The van der Waals surface area contributed by atoms with E-state index in [2.05, 4.69) is 37.9 Å². The van der Waals surface area contributed by atoms with Gasteiger partial charge in [0.1, 0.15) is 34.6 Å². The molecule has 2 aromatic heterocycles. The number of rotatable bonds is 14. The van der Waals surface area contributed by atoms with E-state index in [1.807, 2.05) is 0 Å². The van der Waals surface area contributed by atoms with Gasteiger partial charge in [0.2, 0.25) is 12.3 Å². The van der Waals surface area contributed by atoms with Crippen LogP contribution in [0.3, 0.4) is 0 Å². The summed E-state index contributed by atoms with van der Waals surface area (Å²) in [5.74, 6) is -1.50. The normalized spacial score (nSPS) is 22.8. The number of carbonyl (C=O) groups is 4. The van der Waals surface area contributed by atoms with Crippen LogP contribution < -0.4 is 10.6 Å². The summed E-state index contributed by atoms with van der Waals surface area (Å²) < 4.78 is 0.662. The van der Waals surface area contributed by atoms with Crippen LogP contribution in [0, 0.1) is 5.41 Å². The number of hydrogen-bond donors (Lipinski definition) is 3. The smallest absolute Gasteiger partial charge is 0.313 e. The maximum Gasteiger partial charge on any atom is 0.313 e. The highest BCUT2D eigenvalue weighted by atomic mass is 32.2. The van der Waals surface area contributed by atoms with E-state index in [4.69, 9.17) is 4.84 Å². The third kappa shape index (κ3) is 6.27. The molecule has 0 aromatic carbocycles. The number of carboxylic acids is 1. The number of β-lactam (4-membered cyclic amide) rings is 1. The van der Waals surface area contributed by atoms with Crippen molar-refractivity contribution < 1.29 is 29.1 Å². The van der Waals surface area contributed by atoms with Gasteiger partial charge in [-0.15, -0.1) is 33.3 Å². The molecule has 2 aliphatic heterocycles. The molecule has 3 atom stereocenters. The summed E-state index contributed by atoms with van der Waals surface area (Å²) in [5.41, 5.74) is 0.513. The monoisotopic (exact) mass is 599 g/mol. The number of nitrogens with one attached hydrogen (secondary N) is 2. The Bertz CT molecular complexity index is 1190. The van der Waals surface area contributed by atoms with Crippen molar-refractivity contribution in [1.29, 1.82) is 0 Å². The number of amides is 3. The van der Waals surface area contributed by atoms with Crippen LogP contribution in [-0.2, 0) is 24.0 Å². The standard InChI is InChI=1S/C21H25N7O6S4/c1-2-3-4-5-34-27-13(12-6-35-19(24-12)22-10-29)15(30)25-14-16(31)28-7-21(18(32)33,8-36-17(14)28)9-37-20-26-23-11-38-20/h6,10-11,14,17H,2-5,7-9H2,1H3,(H,25,30)(H,32,33)(H,22,24,29)/t14?,17-,21?/m1/s1. The molecule has 38 heavy (non-hydrogen) atoms. The van der Waals surface area contributed by atoms with Crippen molar-refractivity contribution in [2.75, 3.05) is 30.0 Å². The maximum atomic E-state index is 13.2. The third-order valence-corrected chi connectivity index (χ3v) is 10.3. The second kappa shape index (κ2) is 12.9. The molecule has 0 saturated carbocycles. The van der Waals surface area contributed by atoms with Gasteiger partial charge in [-0.05, 0) is 6.42 Å². The highest BCUT2D eigenvalue weighted by molar-refractivity contribution is 8.01. The van der Waals surface area contributed by atoms with E-state index >= 15 is 0 Å². The van der Waals surface area contributed by atoms with Gasteiger partial charge in [0.15, 0.2) is 15.2 Å². The van der Waals surface area contributed by atoms with Crippen LogP contribution in [0.5, 0.6) is 0 Å². The summed E-state index contributed by atoms with van der Waals surface area (Å²) in [6.07, 6.45) is 3.19. The molecule has 2 aromatic rings. The predicted molar refractivity (Wildman–Crippen MR) is 144 cm³/mol. The largest absolute Gasteiger partial charge is 0.481 e. The first-order valence-corrected chi connectivity index (χ1v) is 15.4. The van der Waals surface area contributed by atoms with E-state index in [1.54, 1.807) is 10.9 Å². The Hall–Kier alpha value is -2.76. The lowest BCUT2D eigenvalue weighted by molar-refractivity contribution is -0.157. The van der Waals surface area contributed by atoms with Crippen LogP contribution in [0.15, 0.2) is 20.4 Å². The first-order valence-electron chi connectivity index (χ1n) is 11.6. The molecule has 3 N–H and O–H groups in total. The minimum absolute atomic E-state index is 0.0330. The molecule has 204 valence electrons. The zero-order valence-corrected chi connectivity index (χ0v) is 23.5. The number of aromatic nitrogens is 3. The van der Waals surface area contributed by atoms with Crippen molar-refractivity contribution in [1.82, 2.24) is 25.4 Å². The zero-order chi connectivity index (χ0) is 27.1. The molecule has 0 aliphatic carbocycles. The predicted octanol–water partition coefficient (Wildman–Crippen LogP) is 1.74. The van der Waals surface area contributed by atoms with E-state index in [9.17, 15) is 24.3 Å². The highest BCUT2D eigenvalue weighted by Crippen LogP contribution is 2.44. The summed E-state index contributed by atoms with van der Waals surface area (Å²) in [6.45, 7) is 2.40. The van der Waals surface area contributed by atoms with E-state index in [-0.39, 0.29) is 40.5 Å². The molecule has 0 radical (unpaired) electrons. The highest BCUT2D eigenvalue weighted by Gasteiger charge is 2.57. The van der Waals surface area contributed by atoms with Crippen molar-refractivity contribution in [2.24, 2.45) is 10.6 Å². The summed E-state index contributed by atoms with van der Waals surface area (Å²) in [4.78, 5) is 60.2. The first kappa shape index (κ1) is 28.3. The van der Waals surface area contributed by atoms with Crippen molar-refractivity contribution in [2.45, 2.75) is 41.9 Å². The van der Waals surface area contributed by atoms with Crippen LogP contribution >= 0.6 is 46.2 Å². The molecular weight excluding hydrogens is 575 g/mol. The minimum Gasteiger partial charge on any atom is -0.481 e. The molecule has 4 heterocycles. The number of anilines is 1. The van der Waals surface area contributed by atoms with Gasteiger partial charge in [-0.3, -0.25) is 19.2 Å². The van der Waals surface area contributed by atoms with Gasteiger partial charge in [0.25, 0.3) is 5.91 Å². The zero-order valence-electron chi connectivity index (χ0n) is 20.2. The van der Waals surface area contributed by atoms with E-state index < -0.39 is 28.7 Å². The van der Waals surface area contributed by atoms with Crippen molar-refractivity contribution in [3.05, 3.63) is 16.6 Å². The maximum absolute atomic E-state index is 13.2. The number of thiazole rings is 1. The Morgan fingerprint density at radius 1 is 1.39 bits per heavy atom. The van der Waals surface area contributed by atoms with Crippen molar-refractivity contribution in [3.8, 4) is 0 Å². The first-order chi connectivity index (χ1) is 18.4. The van der Waals surface area contributed by atoms with Gasteiger partial charge in [-0.25, -0.2) is 4.98 Å². The summed E-state index contributed by atoms with van der Waals surface area (Å²) in [6, 6.07) is -0.841. The average Bonchev–Trinajstić information content (AvgIpc) is 3.60. The van der Waals surface area contributed by atoms with Gasteiger partial charge in [-0.2, -0.15) is 0 Å². The van der Waals surface area contributed by atoms with Crippen LogP contribution in [0.25, 0.3) is 0 Å². The SMILES string of the molecule is CCCCCON=C(C(=O)NC1C(=O)N2CC(CSc3nncs3)(C(=O)O)CS[C@H]12)c1csc(NC=O)n1. The summed E-state index contributed by atoms with van der Waals surface area (Å²) in [5, 5.41) is 28.3. The minimum atomic E-state index is -1.15. The fraction of sp³-hybridized carbons (Fsp3) is 0.524. The molecule has 13 nitrogen and oxygen atoms in total. The van der Waals surface area contributed by atoms with Crippen LogP contribution in [0.2, 0.25) is 0 Å². The Balaban J connectivity index is 1.42. The number of unbranched alkanes of at least 4 members (excludes halogenated alkanes) is 2. The molecule has 2 aliphatic rings. The van der Waals surface area contributed by atoms with Gasteiger partial charge < -0.3 is 25.5 Å². The number of fused-ring (bicyclic) bond motifs is 1. The molecule has 4 rings (SSSR count). The van der Waals surface area contributed by atoms with Crippen LogP contribution in [0.4, 0.5) is 5.13 Å². The van der Waals surface area contributed by atoms with Gasteiger partial charge in [0, 0.05) is 23.4 Å². The second-order valence-electron chi connectivity index (χ2n) is 8.48. The second-order valence-corrected chi connectivity index (χ2v) is 12.5. The van der Waals surface area contributed by atoms with Crippen molar-refractivity contribution in [3.63, 3.8) is 0 Å². The number of oxime groups is 1. The average molecular weight is 600 g/mol. The molecule has 0 bridgehead atoms. The topological polar surface area (TPSA) is 176 Å². The Kier molecular flexibility index (Phi) is 9.56. The third-order valence-electron chi connectivity index (χ3n) is 5.84. The molecule has 2 fully saturated rings. The Morgan fingerprint density at radius 3 is 2.95 bits per heavy atom. The number of nitrogens with zero attached hydrogens (tertiary/aromatic N) is 5. The van der Waals surface area contributed by atoms with Gasteiger partial charge in [-0.1, -0.05) is 48.0 Å². The number of hydrogen-bond acceptors (Lipinski definition) is 13. The summed E-state index contributed by atoms with van der Waals surface area (Å²) >= 11 is 5.06. The lowest BCUT2D eigenvalue weighted by Gasteiger charge is -2.53. The van der Waals surface area contributed by atoms with E-state index in [1.165, 1.54) is 39.8 Å². The molecule has 2 saturated heterocycles. The van der Waals surface area contributed by atoms with Gasteiger partial charge in [0.05, 0.1) is 0 Å². The Labute approximate surface area is 234 Å². The fourth-order valence-corrected chi connectivity index (χ4v) is 7.78. The number of carboxylic acid groups (broad SMARTS) is 1. The summed E-state index contributed by atoms with van der Waals surface area (Å²) in [7, 11) is 0. The molecule has 3 amide bonds. The number of thioether (sulfide) groups is 2.